The number of hydrogen-bond donors (Lipinski definition) is 1. The van der Waals surface area contributed by atoms with Gasteiger partial charge in [0.25, 0.3) is 0 Å². The lowest BCUT2D eigenvalue weighted by atomic mass is 10.1. The molecule has 0 amide bonds. The molecule has 0 spiro atoms. The molecule has 1 atom stereocenters. The second-order valence-electron chi connectivity index (χ2n) is 4.05. The van der Waals surface area contributed by atoms with E-state index in [1.807, 2.05) is 12.3 Å². The predicted octanol–water partition coefficient (Wildman–Crippen LogP) is 5.29. The van der Waals surface area contributed by atoms with E-state index in [0.29, 0.717) is 21.5 Å². The Morgan fingerprint density at radius 2 is 2.00 bits per heavy atom. The first kappa shape index (κ1) is 14.2. The maximum Gasteiger partial charge on any atom is 0.0937 e. The minimum atomic E-state index is -0.660. The molecule has 96 valence electrons. The molecule has 0 bridgehead atoms. The number of aryl methyl sites for hydroxylation is 1. The fraction of sp³-hybridized carbons (Fsp3) is 0.231. The fourth-order valence-electron chi connectivity index (χ4n) is 1.68. The molecular weight excluding hydrogens is 311 g/mol. The SMILES string of the molecule is Cc1csc(C(O)Cc2cc(Cl)ccc2Cl)c1Cl. The highest BCUT2D eigenvalue weighted by atomic mass is 35.5. The molecule has 1 aromatic carbocycles. The van der Waals surface area contributed by atoms with E-state index in [-0.39, 0.29) is 0 Å². The highest BCUT2D eigenvalue weighted by Crippen LogP contribution is 2.35. The second kappa shape index (κ2) is 5.81. The molecule has 5 heteroatoms. The quantitative estimate of drug-likeness (QED) is 0.814. The van der Waals surface area contributed by atoms with Crippen molar-refractivity contribution in [1.82, 2.24) is 0 Å². The zero-order chi connectivity index (χ0) is 13.3. The molecule has 1 nitrogen and oxygen atoms in total. The summed E-state index contributed by atoms with van der Waals surface area (Å²) >= 11 is 19.6. The lowest BCUT2D eigenvalue weighted by molar-refractivity contribution is 0.182. The third-order valence-electron chi connectivity index (χ3n) is 2.65. The van der Waals surface area contributed by atoms with Gasteiger partial charge in [-0.25, -0.2) is 0 Å². The van der Waals surface area contributed by atoms with Crippen LogP contribution in [0, 0.1) is 6.92 Å². The van der Waals surface area contributed by atoms with Crippen LogP contribution >= 0.6 is 46.1 Å². The Balaban J connectivity index is 2.23. The maximum atomic E-state index is 10.2. The standard InChI is InChI=1S/C13H11Cl3OS/c1-7-6-18-13(12(7)16)11(17)5-8-4-9(14)2-3-10(8)15/h2-4,6,11,17H,5H2,1H3. The van der Waals surface area contributed by atoms with Gasteiger partial charge >= 0.3 is 0 Å². The van der Waals surface area contributed by atoms with E-state index >= 15 is 0 Å². The molecule has 18 heavy (non-hydrogen) atoms. The monoisotopic (exact) mass is 320 g/mol. The van der Waals surface area contributed by atoms with Crippen molar-refractivity contribution in [3.63, 3.8) is 0 Å². The van der Waals surface area contributed by atoms with Gasteiger partial charge in [-0.2, -0.15) is 0 Å². The Morgan fingerprint density at radius 1 is 1.28 bits per heavy atom. The van der Waals surface area contributed by atoms with Crippen LogP contribution in [0.25, 0.3) is 0 Å². The molecular formula is C13H11Cl3OS. The number of benzene rings is 1. The summed E-state index contributed by atoms with van der Waals surface area (Å²) in [5.74, 6) is 0. The summed E-state index contributed by atoms with van der Waals surface area (Å²) in [5, 5.41) is 14.0. The topological polar surface area (TPSA) is 20.2 Å². The summed E-state index contributed by atoms with van der Waals surface area (Å²) in [6, 6.07) is 5.22. The Kier molecular flexibility index (Phi) is 4.57. The van der Waals surface area contributed by atoms with Gasteiger partial charge in [0.05, 0.1) is 16.0 Å². The number of aliphatic hydroxyl groups excluding tert-OH is 1. The fourth-order valence-corrected chi connectivity index (χ4v) is 3.37. The molecule has 0 saturated carbocycles. The lowest BCUT2D eigenvalue weighted by Crippen LogP contribution is -2.01. The molecule has 2 rings (SSSR count). The molecule has 1 N–H and O–H groups in total. The summed E-state index contributed by atoms with van der Waals surface area (Å²) in [6.45, 7) is 1.92. The van der Waals surface area contributed by atoms with Gasteiger partial charge in [-0.15, -0.1) is 11.3 Å². The van der Waals surface area contributed by atoms with Crippen LogP contribution in [-0.4, -0.2) is 5.11 Å². The summed E-state index contributed by atoms with van der Waals surface area (Å²) in [7, 11) is 0. The van der Waals surface area contributed by atoms with Gasteiger partial charge in [-0.1, -0.05) is 34.8 Å². The van der Waals surface area contributed by atoms with Crippen molar-refractivity contribution < 1.29 is 5.11 Å². The molecule has 0 aliphatic carbocycles. The average Bonchev–Trinajstić information content (AvgIpc) is 2.65. The van der Waals surface area contributed by atoms with Crippen LogP contribution in [0.3, 0.4) is 0 Å². The van der Waals surface area contributed by atoms with Crippen molar-refractivity contribution in [2.75, 3.05) is 0 Å². The predicted molar refractivity (Wildman–Crippen MR) is 79.2 cm³/mol. The van der Waals surface area contributed by atoms with Crippen molar-refractivity contribution in [2.45, 2.75) is 19.4 Å². The summed E-state index contributed by atoms with van der Waals surface area (Å²) < 4.78 is 0. The first-order chi connectivity index (χ1) is 8.49. The van der Waals surface area contributed by atoms with Gasteiger partial charge in [0.2, 0.25) is 0 Å². The van der Waals surface area contributed by atoms with E-state index in [2.05, 4.69) is 0 Å². The van der Waals surface area contributed by atoms with Crippen molar-refractivity contribution in [3.8, 4) is 0 Å². The van der Waals surface area contributed by atoms with Crippen LogP contribution in [0.2, 0.25) is 15.1 Å². The second-order valence-corrected chi connectivity index (χ2v) is 6.19. The molecule has 1 unspecified atom stereocenters. The Labute approximate surface area is 125 Å². The van der Waals surface area contributed by atoms with Gasteiger partial charge in [0, 0.05) is 16.5 Å². The minimum Gasteiger partial charge on any atom is -0.387 e. The summed E-state index contributed by atoms with van der Waals surface area (Å²) in [5.41, 5.74) is 1.80. The van der Waals surface area contributed by atoms with Crippen LogP contribution in [0.5, 0.6) is 0 Å². The van der Waals surface area contributed by atoms with Crippen LogP contribution in [0.15, 0.2) is 23.6 Å². The molecule has 0 aliphatic rings. The average molecular weight is 322 g/mol. The van der Waals surface area contributed by atoms with Gasteiger partial charge in [0.1, 0.15) is 0 Å². The van der Waals surface area contributed by atoms with E-state index in [9.17, 15) is 5.11 Å². The van der Waals surface area contributed by atoms with E-state index in [1.165, 1.54) is 11.3 Å². The van der Waals surface area contributed by atoms with Crippen molar-refractivity contribution >= 4 is 46.1 Å². The highest BCUT2D eigenvalue weighted by molar-refractivity contribution is 7.10. The highest BCUT2D eigenvalue weighted by Gasteiger charge is 2.17. The summed E-state index contributed by atoms with van der Waals surface area (Å²) in [6.07, 6.45) is -0.258. The van der Waals surface area contributed by atoms with Crippen LogP contribution < -0.4 is 0 Å². The van der Waals surface area contributed by atoms with Crippen LogP contribution in [0.4, 0.5) is 0 Å². The van der Waals surface area contributed by atoms with Crippen LogP contribution in [-0.2, 0) is 6.42 Å². The largest absolute Gasteiger partial charge is 0.387 e. The van der Waals surface area contributed by atoms with Crippen molar-refractivity contribution in [3.05, 3.63) is 54.7 Å². The third kappa shape index (κ3) is 3.01. The molecule has 0 radical (unpaired) electrons. The molecule has 0 aliphatic heterocycles. The van der Waals surface area contributed by atoms with Gasteiger partial charge in [0.15, 0.2) is 0 Å². The van der Waals surface area contributed by atoms with Crippen molar-refractivity contribution in [2.24, 2.45) is 0 Å². The number of thiophene rings is 1. The van der Waals surface area contributed by atoms with Crippen molar-refractivity contribution in [1.29, 1.82) is 0 Å². The first-order valence-corrected chi connectivity index (χ1v) is 7.36. The van der Waals surface area contributed by atoms with Gasteiger partial charge < -0.3 is 5.11 Å². The molecule has 2 aromatic rings. The zero-order valence-electron chi connectivity index (χ0n) is 9.58. The number of aliphatic hydroxyl groups is 1. The zero-order valence-corrected chi connectivity index (χ0v) is 12.7. The molecule has 1 aromatic heterocycles. The molecule has 1 heterocycles. The Morgan fingerprint density at radius 3 is 2.61 bits per heavy atom. The van der Waals surface area contributed by atoms with Gasteiger partial charge in [-0.3, -0.25) is 0 Å². The third-order valence-corrected chi connectivity index (χ3v) is 5.07. The molecule has 0 fully saturated rings. The first-order valence-electron chi connectivity index (χ1n) is 5.34. The number of hydrogen-bond acceptors (Lipinski definition) is 2. The van der Waals surface area contributed by atoms with E-state index in [1.54, 1.807) is 18.2 Å². The van der Waals surface area contributed by atoms with E-state index in [4.69, 9.17) is 34.8 Å². The Hall–Kier alpha value is -0.250. The maximum absolute atomic E-state index is 10.2. The lowest BCUT2D eigenvalue weighted by Gasteiger charge is -2.11. The minimum absolute atomic E-state index is 0.402. The summed E-state index contributed by atoms with van der Waals surface area (Å²) in [4.78, 5) is 0.769. The number of halogens is 3. The van der Waals surface area contributed by atoms with Crippen LogP contribution in [0.1, 0.15) is 22.1 Å². The van der Waals surface area contributed by atoms with Gasteiger partial charge in [-0.05, 0) is 41.6 Å². The van der Waals surface area contributed by atoms with E-state index < -0.39 is 6.10 Å². The smallest absolute Gasteiger partial charge is 0.0937 e. The number of rotatable bonds is 3. The normalized spacial score (nSPS) is 12.7. The van der Waals surface area contributed by atoms with E-state index in [0.717, 1.165) is 16.0 Å². The molecule has 0 saturated heterocycles. The Bertz CT molecular complexity index is 565.